The van der Waals surface area contributed by atoms with Crippen LogP contribution in [0, 0.1) is 0 Å². The van der Waals surface area contributed by atoms with E-state index in [2.05, 4.69) is 20.8 Å². The van der Waals surface area contributed by atoms with Crippen LogP contribution < -0.4 is 0 Å². The van der Waals surface area contributed by atoms with Crippen LogP contribution in [0.3, 0.4) is 0 Å². The molecule has 120 valence electrons. The smallest absolute Gasteiger partial charge is 0.338 e. The summed E-state index contributed by atoms with van der Waals surface area (Å²) in [6.07, 6.45) is 4.65. The van der Waals surface area contributed by atoms with Crippen LogP contribution in [0.15, 0.2) is 0 Å². The fourth-order valence-corrected chi connectivity index (χ4v) is 5.74. The first-order valence-electron chi connectivity index (χ1n) is 8.23. The first kappa shape index (κ1) is 18.1. The van der Waals surface area contributed by atoms with Crippen molar-refractivity contribution in [2.45, 2.75) is 64.6 Å². The Hall–Kier alpha value is 0.0569. The molecule has 0 N–H and O–H groups in total. The summed E-state index contributed by atoms with van der Waals surface area (Å²) in [7, 11) is -2.01. The molecular formula is C15H32O4Si. The first-order valence-corrected chi connectivity index (χ1v) is 10.5. The topological polar surface area (TPSA) is 40.2 Å². The molecule has 0 aliphatic carbocycles. The van der Waals surface area contributed by atoms with E-state index in [4.69, 9.17) is 18.3 Å². The zero-order valence-corrected chi connectivity index (χ0v) is 14.5. The van der Waals surface area contributed by atoms with Crippen molar-refractivity contribution < 1.29 is 18.3 Å². The van der Waals surface area contributed by atoms with Gasteiger partial charge in [0.25, 0.3) is 0 Å². The van der Waals surface area contributed by atoms with Crippen LogP contribution in [0.5, 0.6) is 0 Å². The molecular weight excluding hydrogens is 272 g/mol. The normalized spacial score (nSPS) is 18.4. The number of hydrogen-bond donors (Lipinski definition) is 0. The molecule has 1 saturated heterocycles. The highest BCUT2D eigenvalue weighted by atomic mass is 28.4. The summed E-state index contributed by atoms with van der Waals surface area (Å²) >= 11 is 0. The van der Waals surface area contributed by atoms with Crippen molar-refractivity contribution in [1.82, 2.24) is 0 Å². The van der Waals surface area contributed by atoms with E-state index >= 15 is 0 Å². The minimum Gasteiger partial charge on any atom is -0.394 e. The van der Waals surface area contributed by atoms with Crippen LogP contribution in [0.25, 0.3) is 0 Å². The van der Waals surface area contributed by atoms with Gasteiger partial charge in [0.15, 0.2) is 0 Å². The lowest BCUT2D eigenvalue weighted by atomic mass is 10.5. The van der Waals surface area contributed by atoms with Gasteiger partial charge < -0.3 is 18.3 Å². The molecule has 0 radical (unpaired) electrons. The van der Waals surface area contributed by atoms with Crippen molar-refractivity contribution in [2.24, 2.45) is 0 Å². The predicted molar refractivity (Wildman–Crippen MR) is 83.3 cm³/mol. The summed E-state index contributed by atoms with van der Waals surface area (Å²) in [5.74, 6) is 0. The van der Waals surface area contributed by atoms with Crippen molar-refractivity contribution in [1.29, 1.82) is 0 Å². The SMILES string of the molecule is CCCO[Si](CCC)(CCCOCC1CO1)OCCC. The maximum atomic E-state index is 6.20. The van der Waals surface area contributed by atoms with E-state index in [1.165, 1.54) is 0 Å². The molecule has 4 nitrogen and oxygen atoms in total. The number of epoxide rings is 1. The van der Waals surface area contributed by atoms with E-state index < -0.39 is 8.56 Å². The van der Waals surface area contributed by atoms with Gasteiger partial charge in [0.1, 0.15) is 6.10 Å². The quantitative estimate of drug-likeness (QED) is 0.280. The third kappa shape index (κ3) is 7.74. The molecule has 0 amide bonds. The van der Waals surface area contributed by atoms with E-state index in [0.29, 0.717) is 6.10 Å². The number of hydrogen-bond acceptors (Lipinski definition) is 4. The second-order valence-corrected chi connectivity index (χ2v) is 8.89. The van der Waals surface area contributed by atoms with E-state index in [-0.39, 0.29) is 0 Å². The molecule has 1 atom stereocenters. The van der Waals surface area contributed by atoms with Crippen LogP contribution in [-0.4, -0.2) is 47.7 Å². The fourth-order valence-electron chi connectivity index (χ4n) is 2.23. The molecule has 0 saturated carbocycles. The minimum atomic E-state index is -2.01. The van der Waals surface area contributed by atoms with Crippen LogP contribution in [0.4, 0.5) is 0 Å². The summed E-state index contributed by atoms with van der Waals surface area (Å²) in [6.45, 7) is 10.6. The third-order valence-electron chi connectivity index (χ3n) is 3.32. The van der Waals surface area contributed by atoms with Crippen molar-refractivity contribution in [3.05, 3.63) is 0 Å². The van der Waals surface area contributed by atoms with Gasteiger partial charge in [-0.1, -0.05) is 27.2 Å². The molecule has 1 aliphatic heterocycles. The first-order chi connectivity index (χ1) is 9.76. The Morgan fingerprint density at radius 3 is 2.10 bits per heavy atom. The van der Waals surface area contributed by atoms with E-state index in [9.17, 15) is 0 Å². The summed E-state index contributed by atoms with van der Waals surface area (Å²) in [5, 5.41) is 0. The fraction of sp³-hybridized carbons (Fsp3) is 1.00. The maximum Gasteiger partial charge on any atom is 0.338 e. The minimum absolute atomic E-state index is 0.361. The molecule has 1 unspecified atom stereocenters. The second-order valence-electron chi connectivity index (χ2n) is 5.49. The average Bonchev–Trinajstić information content (AvgIpc) is 3.27. The molecule has 1 heterocycles. The van der Waals surface area contributed by atoms with Gasteiger partial charge in [-0.25, -0.2) is 0 Å². The molecule has 1 fully saturated rings. The van der Waals surface area contributed by atoms with Crippen LogP contribution in [0.2, 0.25) is 12.1 Å². The lowest BCUT2D eigenvalue weighted by Crippen LogP contribution is -2.42. The van der Waals surface area contributed by atoms with Gasteiger partial charge in [0.2, 0.25) is 0 Å². The standard InChI is InChI=1S/C15H32O4Si/c1-4-8-18-20(11-6-3,19-9-5-2)12-7-10-16-13-15-14-17-15/h15H,4-14H2,1-3H3. The summed E-state index contributed by atoms with van der Waals surface area (Å²) in [4.78, 5) is 0. The van der Waals surface area contributed by atoms with Crippen molar-refractivity contribution in [3.8, 4) is 0 Å². The molecule has 0 bridgehead atoms. The van der Waals surface area contributed by atoms with Crippen LogP contribution >= 0.6 is 0 Å². The molecule has 5 heteroatoms. The lowest BCUT2D eigenvalue weighted by molar-refractivity contribution is 0.111. The maximum absolute atomic E-state index is 6.20. The van der Waals surface area contributed by atoms with Crippen LogP contribution in [-0.2, 0) is 18.3 Å². The monoisotopic (exact) mass is 304 g/mol. The van der Waals surface area contributed by atoms with Crippen LogP contribution in [0.1, 0.15) is 46.5 Å². The molecule has 0 spiro atoms. The molecule has 1 rings (SSSR count). The Labute approximate surface area is 125 Å². The van der Waals surface area contributed by atoms with Gasteiger partial charge in [-0.2, -0.15) is 0 Å². The molecule has 1 aliphatic rings. The van der Waals surface area contributed by atoms with Gasteiger partial charge in [-0.15, -0.1) is 0 Å². The van der Waals surface area contributed by atoms with Crippen molar-refractivity contribution in [3.63, 3.8) is 0 Å². The van der Waals surface area contributed by atoms with E-state index in [1.54, 1.807) is 0 Å². The third-order valence-corrected chi connectivity index (χ3v) is 7.16. The lowest BCUT2D eigenvalue weighted by Gasteiger charge is -2.30. The zero-order valence-electron chi connectivity index (χ0n) is 13.5. The summed E-state index contributed by atoms with van der Waals surface area (Å²) in [5.41, 5.74) is 0. The van der Waals surface area contributed by atoms with Gasteiger partial charge in [-0.3, -0.25) is 0 Å². The second kappa shape index (κ2) is 10.7. The van der Waals surface area contributed by atoms with Gasteiger partial charge in [0, 0.05) is 19.8 Å². The van der Waals surface area contributed by atoms with E-state index in [1.807, 2.05) is 0 Å². The Kier molecular flexibility index (Phi) is 9.72. The van der Waals surface area contributed by atoms with E-state index in [0.717, 1.165) is 70.8 Å². The molecule has 0 aromatic heterocycles. The molecule has 20 heavy (non-hydrogen) atoms. The Morgan fingerprint density at radius 2 is 1.60 bits per heavy atom. The molecule has 0 aromatic rings. The highest BCUT2D eigenvalue weighted by Crippen LogP contribution is 2.24. The van der Waals surface area contributed by atoms with Gasteiger partial charge in [-0.05, 0) is 31.4 Å². The Morgan fingerprint density at radius 1 is 0.950 bits per heavy atom. The van der Waals surface area contributed by atoms with Gasteiger partial charge in [0.05, 0.1) is 13.2 Å². The number of rotatable bonds is 14. The highest BCUT2D eigenvalue weighted by molar-refractivity contribution is 6.67. The van der Waals surface area contributed by atoms with Gasteiger partial charge >= 0.3 is 8.56 Å². The Bertz CT molecular complexity index is 226. The number of ether oxygens (including phenoxy) is 2. The summed E-state index contributed by atoms with van der Waals surface area (Å²) in [6, 6.07) is 2.14. The predicted octanol–water partition coefficient (Wildman–Crippen LogP) is 3.50. The van der Waals surface area contributed by atoms with Crippen molar-refractivity contribution >= 4 is 8.56 Å². The highest BCUT2D eigenvalue weighted by Gasteiger charge is 2.36. The molecule has 0 aromatic carbocycles. The Balaban J connectivity index is 2.31. The largest absolute Gasteiger partial charge is 0.394 e. The zero-order chi connectivity index (χ0) is 14.7. The van der Waals surface area contributed by atoms with Crippen molar-refractivity contribution in [2.75, 3.05) is 33.0 Å². The average molecular weight is 305 g/mol. The summed E-state index contributed by atoms with van der Waals surface area (Å²) < 4.78 is 23.2.